The number of ether oxygens (including phenoxy) is 1. The lowest BCUT2D eigenvalue weighted by atomic mass is 9.76. The van der Waals surface area contributed by atoms with E-state index in [1.165, 1.54) is 0 Å². The molecule has 2 atom stereocenters. The summed E-state index contributed by atoms with van der Waals surface area (Å²) in [6.45, 7) is 4.41. The van der Waals surface area contributed by atoms with Gasteiger partial charge in [-0.3, -0.25) is 9.59 Å². The standard InChI is InChI=1S/C30H33Cl2N3O4/c1-2-39-30(38)26-27(33-14-16-34(17-15-33)28(36)21-12-13-23(31)24(32)18-21)22-10-6-7-11-25(22)35(29(26)37)19-20-8-4-3-5-9-20/h3-5,8-9,12-13,18,22,25H,2,6-7,10-11,14-17,19H2,1H3. The van der Waals surface area contributed by atoms with Crippen LogP contribution in [0.5, 0.6) is 0 Å². The Morgan fingerprint density at radius 3 is 2.36 bits per heavy atom. The third kappa shape index (κ3) is 5.66. The molecule has 0 spiro atoms. The highest BCUT2D eigenvalue weighted by molar-refractivity contribution is 6.42. The van der Waals surface area contributed by atoms with Crippen LogP contribution in [0.15, 0.2) is 59.8 Å². The SMILES string of the molecule is CCOC(=O)C1=C(N2CCN(C(=O)c3ccc(Cl)c(Cl)c3)CC2)C2CCCCC2N(Cc2ccccc2)C1=O. The van der Waals surface area contributed by atoms with E-state index in [-0.39, 0.29) is 36.0 Å². The maximum Gasteiger partial charge on any atom is 0.345 e. The zero-order valence-corrected chi connectivity index (χ0v) is 23.6. The molecule has 3 aliphatic rings. The fourth-order valence-electron chi connectivity index (χ4n) is 6.11. The van der Waals surface area contributed by atoms with Crippen LogP contribution in [0.25, 0.3) is 0 Å². The molecule has 7 nitrogen and oxygen atoms in total. The van der Waals surface area contributed by atoms with Crippen molar-refractivity contribution in [3.05, 3.63) is 81.0 Å². The predicted molar refractivity (Wildman–Crippen MR) is 150 cm³/mol. The molecule has 1 saturated carbocycles. The molecule has 9 heteroatoms. The molecule has 2 amide bonds. The Morgan fingerprint density at radius 2 is 1.67 bits per heavy atom. The third-order valence-corrected chi connectivity index (χ3v) is 8.70. The fourth-order valence-corrected chi connectivity index (χ4v) is 6.41. The number of nitrogens with zero attached hydrogens (tertiary/aromatic N) is 3. The second-order valence-electron chi connectivity index (χ2n) is 10.3. The van der Waals surface area contributed by atoms with Crippen molar-refractivity contribution in [2.24, 2.45) is 5.92 Å². The molecule has 39 heavy (non-hydrogen) atoms. The molecule has 0 aromatic heterocycles. The average molecular weight is 571 g/mol. The molecular formula is C30H33Cl2N3O4. The zero-order valence-electron chi connectivity index (χ0n) is 22.1. The molecule has 2 fully saturated rings. The highest BCUT2D eigenvalue weighted by Gasteiger charge is 2.47. The van der Waals surface area contributed by atoms with Gasteiger partial charge in [0.1, 0.15) is 5.57 Å². The molecule has 0 radical (unpaired) electrons. The van der Waals surface area contributed by atoms with Crippen LogP contribution in [0, 0.1) is 5.92 Å². The van der Waals surface area contributed by atoms with Crippen molar-refractivity contribution in [2.75, 3.05) is 32.8 Å². The highest BCUT2D eigenvalue weighted by Crippen LogP contribution is 2.42. The van der Waals surface area contributed by atoms with E-state index in [2.05, 4.69) is 4.90 Å². The van der Waals surface area contributed by atoms with Gasteiger partial charge in [-0.15, -0.1) is 0 Å². The van der Waals surface area contributed by atoms with Gasteiger partial charge in [0.05, 0.1) is 16.7 Å². The van der Waals surface area contributed by atoms with Gasteiger partial charge in [0.25, 0.3) is 11.8 Å². The van der Waals surface area contributed by atoms with E-state index in [1.54, 1.807) is 30.0 Å². The lowest BCUT2D eigenvalue weighted by Crippen LogP contribution is -2.57. The Hall–Kier alpha value is -3.03. The first kappa shape index (κ1) is 27.5. The number of hydrogen-bond acceptors (Lipinski definition) is 5. The molecule has 5 rings (SSSR count). The number of carbonyl (C=O) groups is 3. The Balaban J connectivity index is 1.43. The number of esters is 1. The normalized spacial score (nSPS) is 21.6. The highest BCUT2D eigenvalue weighted by atomic mass is 35.5. The minimum atomic E-state index is -0.561. The van der Waals surface area contributed by atoms with Crippen molar-refractivity contribution in [1.29, 1.82) is 0 Å². The Bertz CT molecular complexity index is 1270. The lowest BCUT2D eigenvalue weighted by molar-refractivity contribution is -0.145. The van der Waals surface area contributed by atoms with E-state index >= 15 is 0 Å². The van der Waals surface area contributed by atoms with E-state index in [9.17, 15) is 14.4 Å². The van der Waals surface area contributed by atoms with Crippen molar-refractivity contribution in [3.8, 4) is 0 Å². The monoisotopic (exact) mass is 569 g/mol. The molecule has 1 aliphatic carbocycles. The van der Waals surface area contributed by atoms with Gasteiger partial charge in [0.2, 0.25) is 0 Å². The molecule has 0 bridgehead atoms. The van der Waals surface area contributed by atoms with Gasteiger partial charge in [-0.1, -0.05) is 66.4 Å². The van der Waals surface area contributed by atoms with Gasteiger partial charge in [0.15, 0.2) is 0 Å². The summed E-state index contributed by atoms with van der Waals surface area (Å²) in [5, 5.41) is 0.747. The number of piperazine rings is 1. The van der Waals surface area contributed by atoms with Crippen LogP contribution in [0.3, 0.4) is 0 Å². The first-order chi connectivity index (χ1) is 18.9. The summed E-state index contributed by atoms with van der Waals surface area (Å²) in [7, 11) is 0. The second-order valence-corrected chi connectivity index (χ2v) is 11.1. The van der Waals surface area contributed by atoms with Gasteiger partial charge in [0, 0.05) is 55.9 Å². The second kappa shape index (κ2) is 12.0. The van der Waals surface area contributed by atoms with Crippen LogP contribution in [0.1, 0.15) is 48.5 Å². The van der Waals surface area contributed by atoms with Crippen molar-refractivity contribution in [1.82, 2.24) is 14.7 Å². The zero-order chi connectivity index (χ0) is 27.5. The number of benzene rings is 2. The third-order valence-electron chi connectivity index (χ3n) is 7.96. The van der Waals surface area contributed by atoms with E-state index in [0.717, 1.165) is 36.9 Å². The molecule has 2 aliphatic heterocycles. The van der Waals surface area contributed by atoms with Crippen LogP contribution in [0.2, 0.25) is 10.0 Å². The largest absolute Gasteiger partial charge is 0.462 e. The van der Waals surface area contributed by atoms with Crippen LogP contribution < -0.4 is 0 Å². The molecule has 2 aromatic rings. The van der Waals surface area contributed by atoms with E-state index in [1.807, 2.05) is 35.2 Å². The molecule has 0 N–H and O–H groups in total. The molecule has 1 saturated heterocycles. The van der Waals surface area contributed by atoms with Gasteiger partial charge < -0.3 is 19.4 Å². The maximum absolute atomic E-state index is 14.0. The van der Waals surface area contributed by atoms with Crippen LogP contribution in [-0.2, 0) is 20.9 Å². The van der Waals surface area contributed by atoms with Gasteiger partial charge in [-0.2, -0.15) is 0 Å². The smallest absolute Gasteiger partial charge is 0.345 e. The van der Waals surface area contributed by atoms with Crippen molar-refractivity contribution < 1.29 is 19.1 Å². The molecule has 2 unspecified atom stereocenters. The quantitative estimate of drug-likeness (QED) is 0.354. The van der Waals surface area contributed by atoms with E-state index < -0.39 is 5.97 Å². The van der Waals surface area contributed by atoms with Gasteiger partial charge in [-0.25, -0.2) is 4.79 Å². The van der Waals surface area contributed by atoms with E-state index in [0.29, 0.717) is 48.3 Å². The summed E-state index contributed by atoms with van der Waals surface area (Å²) in [5.41, 5.74) is 2.48. The Morgan fingerprint density at radius 1 is 0.949 bits per heavy atom. The lowest BCUT2D eigenvalue weighted by Gasteiger charge is -2.49. The number of carbonyl (C=O) groups excluding carboxylic acids is 3. The minimum absolute atomic E-state index is 0.0236. The first-order valence-electron chi connectivity index (χ1n) is 13.6. The number of rotatable bonds is 6. The molecule has 2 aromatic carbocycles. The summed E-state index contributed by atoms with van der Waals surface area (Å²) >= 11 is 12.2. The average Bonchev–Trinajstić information content (AvgIpc) is 2.96. The summed E-state index contributed by atoms with van der Waals surface area (Å²) < 4.78 is 5.43. The summed E-state index contributed by atoms with van der Waals surface area (Å²) in [5.74, 6) is -0.882. The van der Waals surface area contributed by atoms with Crippen LogP contribution in [0.4, 0.5) is 0 Å². The topological polar surface area (TPSA) is 70.2 Å². The molecule has 2 heterocycles. The van der Waals surface area contributed by atoms with Gasteiger partial charge in [-0.05, 0) is 43.5 Å². The van der Waals surface area contributed by atoms with Crippen LogP contribution in [-0.4, -0.2) is 71.3 Å². The number of fused-ring (bicyclic) bond motifs is 1. The first-order valence-corrected chi connectivity index (χ1v) is 14.4. The fraction of sp³-hybridized carbons (Fsp3) is 0.433. The molecule has 206 valence electrons. The van der Waals surface area contributed by atoms with Crippen molar-refractivity contribution in [2.45, 2.75) is 45.2 Å². The summed E-state index contributed by atoms with van der Waals surface area (Å²) in [4.78, 5) is 46.3. The van der Waals surface area contributed by atoms with Crippen molar-refractivity contribution >= 4 is 41.0 Å². The number of amides is 2. The Labute approximate surface area is 239 Å². The van der Waals surface area contributed by atoms with Gasteiger partial charge >= 0.3 is 5.97 Å². The van der Waals surface area contributed by atoms with Crippen molar-refractivity contribution in [3.63, 3.8) is 0 Å². The predicted octanol–water partition coefficient (Wildman–Crippen LogP) is 5.17. The molecular weight excluding hydrogens is 537 g/mol. The van der Waals surface area contributed by atoms with E-state index in [4.69, 9.17) is 27.9 Å². The number of hydrogen-bond donors (Lipinski definition) is 0. The maximum atomic E-state index is 14.0. The summed E-state index contributed by atoms with van der Waals surface area (Å²) in [6.07, 6.45) is 3.90. The minimum Gasteiger partial charge on any atom is -0.462 e. The number of halogens is 2. The van der Waals surface area contributed by atoms with Crippen LogP contribution >= 0.6 is 23.2 Å². The summed E-state index contributed by atoms with van der Waals surface area (Å²) in [6, 6.07) is 14.8. The Kier molecular flexibility index (Phi) is 8.48.